The van der Waals surface area contributed by atoms with Gasteiger partial charge >= 0.3 is 0 Å². The first-order valence-corrected chi connectivity index (χ1v) is 8.51. The minimum absolute atomic E-state index is 0.0390. The van der Waals surface area contributed by atoms with Crippen LogP contribution in [-0.2, 0) is 10.5 Å². The Balaban J connectivity index is 1.77. The fourth-order valence-corrected chi connectivity index (χ4v) is 2.69. The summed E-state index contributed by atoms with van der Waals surface area (Å²) in [4.78, 5) is 21.9. The third-order valence-electron chi connectivity index (χ3n) is 3.26. The predicted molar refractivity (Wildman–Crippen MR) is 96.0 cm³/mol. The van der Waals surface area contributed by atoms with Gasteiger partial charge in [0, 0.05) is 17.9 Å². The van der Waals surface area contributed by atoms with E-state index in [4.69, 9.17) is 0 Å². The summed E-state index contributed by atoms with van der Waals surface area (Å²) >= 11 is 1.38. The van der Waals surface area contributed by atoms with E-state index in [0.717, 1.165) is 11.1 Å². The number of hydrazone groups is 1. The van der Waals surface area contributed by atoms with Crippen LogP contribution in [-0.4, -0.2) is 22.3 Å². The van der Waals surface area contributed by atoms with Crippen LogP contribution >= 0.6 is 11.8 Å². The molecule has 0 unspecified atom stereocenters. The molecular weight excluding hydrogens is 345 g/mol. The van der Waals surface area contributed by atoms with Crippen molar-refractivity contribution in [2.45, 2.75) is 12.7 Å². The molecule has 0 heterocycles. The fourth-order valence-electron chi connectivity index (χ4n) is 1.91. The number of carbonyl (C=O) groups is 1. The first kappa shape index (κ1) is 18.6. The summed E-state index contributed by atoms with van der Waals surface area (Å²) in [6.45, 7) is 1.72. The summed E-state index contributed by atoms with van der Waals surface area (Å²) in [5, 5.41) is 14.6. The first-order valence-electron chi connectivity index (χ1n) is 7.36. The molecule has 130 valence electrons. The van der Waals surface area contributed by atoms with Crippen molar-refractivity contribution in [3.8, 4) is 0 Å². The molecule has 2 aromatic carbocycles. The van der Waals surface area contributed by atoms with E-state index in [1.54, 1.807) is 31.2 Å². The highest BCUT2D eigenvalue weighted by molar-refractivity contribution is 7.99. The predicted octanol–water partition coefficient (Wildman–Crippen LogP) is 3.51. The number of halogens is 1. The van der Waals surface area contributed by atoms with Crippen molar-refractivity contribution >= 4 is 29.1 Å². The zero-order chi connectivity index (χ0) is 18.2. The summed E-state index contributed by atoms with van der Waals surface area (Å²) in [6.07, 6.45) is 0. The Hall–Kier alpha value is -2.74. The molecule has 0 saturated carbocycles. The molecule has 0 atom stereocenters. The number of nitro benzene ring substituents is 1. The Labute approximate surface area is 148 Å². The SMILES string of the molecule is C/C(=N\NC(=O)CSCc1ccc([N+](=O)[O-])cc1)c1ccc(F)cc1. The molecule has 1 amide bonds. The quantitative estimate of drug-likeness (QED) is 0.465. The van der Waals surface area contributed by atoms with Gasteiger partial charge in [0.05, 0.1) is 16.4 Å². The topological polar surface area (TPSA) is 84.6 Å². The lowest BCUT2D eigenvalue weighted by Gasteiger charge is -2.04. The van der Waals surface area contributed by atoms with Crippen molar-refractivity contribution in [3.63, 3.8) is 0 Å². The van der Waals surface area contributed by atoms with Crippen molar-refractivity contribution in [3.05, 3.63) is 75.6 Å². The minimum atomic E-state index is -0.453. The number of non-ortho nitro benzene ring substituents is 1. The molecular formula is C17H16FN3O3S. The van der Waals surface area contributed by atoms with Gasteiger partial charge in [0.15, 0.2) is 0 Å². The maximum absolute atomic E-state index is 12.9. The summed E-state index contributed by atoms with van der Waals surface area (Å²) in [7, 11) is 0. The van der Waals surface area contributed by atoms with Crippen LogP contribution in [0.3, 0.4) is 0 Å². The zero-order valence-electron chi connectivity index (χ0n) is 13.4. The number of nitrogens with one attached hydrogen (secondary N) is 1. The van der Waals surface area contributed by atoms with Crippen LogP contribution in [0.15, 0.2) is 53.6 Å². The molecule has 2 aromatic rings. The van der Waals surface area contributed by atoms with E-state index >= 15 is 0 Å². The maximum atomic E-state index is 12.9. The van der Waals surface area contributed by atoms with E-state index in [1.165, 1.54) is 36.0 Å². The Bertz CT molecular complexity index is 777. The lowest BCUT2D eigenvalue weighted by Crippen LogP contribution is -2.21. The number of hydrogen-bond donors (Lipinski definition) is 1. The summed E-state index contributed by atoms with van der Waals surface area (Å²) < 4.78 is 12.9. The standard InChI is InChI=1S/C17H16FN3O3S/c1-12(14-4-6-15(18)7-5-14)19-20-17(22)11-25-10-13-2-8-16(9-3-13)21(23)24/h2-9H,10-11H2,1H3,(H,20,22)/b19-12+. The molecule has 0 fully saturated rings. The van der Waals surface area contributed by atoms with E-state index in [9.17, 15) is 19.3 Å². The minimum Gasteiger partial charge on any atom is -0.272 e. The highest BCUT2D eigenvalue weighted by Crippen LogP contribution is 2.16. The van der Waals surface area contributed by atoms with E-state index < -0.39 is 4.92 Å². The lowest BCUT2D eigenvalue weighted by molar-refractivity contribution is -0.384. The molecule has 25 heavy (non-hydrogen) atoms. The second-order valence-electron chi connectivity index (χ2n) is 5.16. The average Bonchev–Trinajstić information content (AvgIpc) is 2.60. The number of amides is 1. The molecule has 6 nitrogen and oxygen atoms in total. The van der Waals surface area contributed by atoms with Crippen molar-refractivity contribution < 1.29 is 14.1 Å². The van der Waals surface area contributed by atoms with E-state index in [1.807, 2.05) is 0 Å². The third-order valence-corrected chi connectivity index (χ3v) is 4.26. The number of rotatable bonds is 7. The molecule has 0 aliphatic rings. The number of hydrogen-bond acceptors (Lipinski definition) is 5. The Morgan fingerprint density at radius 1 is 1.20 bits per heavy atom. The van der Waals surface area contributed by atoms with Gasteiger partial charge in [-0.1, -0.05) is 24.3 Å². The van der Waals surface area contributed by atoms with Gasteiger partial charge in [-0.2, -0.15) is 5.10 Å². The van der Waals surface area contributed by atoms with Crippen molar-refractivity contribution in [1.29, 1.82) is 0 Å². The second kappa shape index (κ2) is 8.93. The molecule has 0 aliphatic heterocycles. The van der Waals surface area contributed by atoms with Crippen LogP contribution in [0.4, 0.5) is 10.1 Å². The highest BCUT2D eigenvalue weighted by Gasteiger charge is 2.06. The van der Waals surface area contributed by atoms with Crippen LogP contribution < -0.4 is 5.43 Å². The molecule has 8 heteroatoms. The first-order chi connectivity index (χ1) is 12.0. The maximum Gasteiger partial charge on any atom is 0.269 e. The summed E-state index contributed by atoms with van der Waals surface area (Å²) in [5.74, 6) is 0.181. The molecule has 2 rings (SSSR count). The molecule has 0 aliphatic carbocycles. The average molecular weight is 361 g/mol. The van der Waals surface area contributed by atoms with Gasteiger partial charge in [0.25, 0.3) is 5.69 Å². The van der Waals surface area contributed by atoms with Gasteiger partial charge < -0.3 is 0 Å². The van der Waals surface area contributed by atoms with Crippen molar-refractivity contribution in [2.75, 3.05) is 5.75 Å². The molecule has 0 aromatic heterocycles. The van der Waals surface area contributed by atoms with Crippen LogP contribution in [0.25, 0.3) is 0 Å². The molecule has 0 spiro atoms. The van der Waals surface area contributed by atoms with Crippen LogP contribution in [0, 0.1) is 15.9 Å². The zero-order valence-corrected chi connectivity index (χ0v) is 14.3. The van der Waals surface area contributed by atoms with Gasteiger partial charge in [-0.05, 0) is 30.2 Å². The van der Waals surface area contributed by atoms with E-state index in [2.05, 4.69) is 10.5 Å². The van der Waals surface area contributed by atoms with Gasteiger partial charge in [-0.25, -0.2) is 9.82 Å². The Kier molecular flexibility index (Phi) is 6.64. The number of nitro groups is 1. The lowest BCUT2D eigenvalue weighted by atomic mass is 10.1. The number of carbonyl (C=O) groups excluding carboxylic acids is 1. The Morgan fingerprint density at radius 2 is 1.84 bits per heavy atom. The van der Waals surface area contributed by atoms with Gasteiger partial charge in [-0.15, -0.1) is 11.8 Å². The number of nitrogens with zero attached hydrogens (tertiary/aromatic N) is 2. The summed E-state index contributed by atoms with van der Waals surface area (Å²) in [5.41, 5.74) is 4.69. The summed E-state index contributed by atoms with van der Waals surface area (Å²) in [6, 6.07) is 12.0. The van der Waals surface area contributed by atoms with Gasteiger partial charge in [0.1, 0.15) is 5.82 Å². The second-order valence-corrected chi connectivity index (χ2v) is 6.14. The molecule has 0 bridgehead atoms. The van der Waals surface area contributed by atoms with Crippen LogP contribution in [0.1, 0.15) is 18.1 Å². The van der Waals surface area contributed by atoms with Crippen molar-refractivity contribution in [1.82, 2.24) is 5.43 Å². The van der Waals surface area contributed by atoms with Crippen LogP contribution in [0.2, 0.25) is 0 Å². The van der Waals surface area contributed by atoms with Crippen molar-refractivity contribution in [2.24, 2.45) is 5.10 Å². The van der Waals surface area contributed by atoms with E-state index in [-0.39, 0.29) is 23.2 Å². The third kappa shape index (κ3) is 6.00. The molecule has 0 radical (unpaired) electrons. The van der Waals surface area contributed by atoms with E-state index in [0.29, 0.717) is 11.5 Å². The Morgan fingerprint density at radius 3 is 2.44 bits per heavy atom. The normalized spacial score (nSPS) is 11.2. The largest absolute Gasteiger partial charge is 0.272 e. The van der Waals surface area contributed by atoms with Crippen LogP contribution in [0.5, 0.6) is 0 Å². The smallest absolute Gasteiger partial charge is 0.269 e. The highest BCUT2D eigenvalue weighted by atomic mass is 32.2. The molecule has 1 N–H and O–H groups in total. The number of thioether (sulfide) groups is 1. The molecule has 0 saturated heterocycles. The monoisotopic (exact) mass is 361 g/mol. The fraction of sp³-hybridized carbons (Fsp3) is 0.176. The number of benzene rings is 2. The van der Waals surface area contributed by atoms with Gasteiger partial charge in [-0.3, -0.25) is 14.9 Å². The van der Waals surface area contributed by atoms with Gasteiger partial charge in [0.2, 0.25) is 5.91 Å².